The maximum absolute atomic E-state index is 5.04. The minimum Gasteiger partial charge on any atom is -0.351 e. The third-order valence-corrected chi connectivity index (χ3v) is 7.56. The Morgan fingerprint density at radius 1 is 0.543 bits per heavy atom. The van der Waals surface area contributed by atoms with E-state index in [2.05, 4.69) is 22.8 Å². The average Bonchev–Trinajstić information content (AvgIpc) is 2.99. The Kier molecular flexibility index (Phi) is 10.9. The Morgan fingerprint density at radius 3 is 1.77 bits per heavy atom. The molecule has 0 saturated heterocycles. The van der Waals surface area contributed by atoms with Crippen LogP contribution in [0.3, 0.4) is 0 Å². The Labute approximate surface area is 212 Å². The zero-order valence-corrected chi connectivity index (χ0v) is 21.6. The Bertz CT molecular complexity index is 865. The Balaban J connectivity index is 1.55. The quantitative estimate of drug-likeness (QED) is 0.448. The number of nitrogens with one attached hydrogen (secondary N) is 2. The first-order valence-corrected chi connectivity index (χ1v) is 14.4. The molecule has 35 heavy (non-hydrogen) atoms. The van der Waals surface area contributed by atoms with Gasteiger partial charge in [0.15, 0.2) is 0 Å². The van der Waals surface area contributed by atoms with Gasteiger partial charge in [-0.05, 0) is 37.8 Å². The van der Waals surface area contributed by atoms with Crippen molar-refractivity contribution in [2.24, 2.45) is 0 Å². The van der Waals surface area contributed by atoms with Crippen molar-refractivity contribution in [1.29, 1.82) is 0 Å². The topological polar surface area (TPSA) is 62.7 Å². The number of allylic oxidation sites excluding steroid dienone is 7. The van der Waals surface area contributed by atoms with E-state index in [4.69, 9.17) is 15.0 Å². The third-order valence-electron chi connectivity index (χ3n) is 7.56. The zero-order valence-electron chi connectivity index (χ0n) is 21.6. The first-order valence-electron chi connectivity index (χ1n) is 14.4. The van der Waals surface area contributed by atoms with Crippen molar-refractivity contribution in [3.63, 3.8) is 0 Å². The molecule has 1 heterocycles. The van der Waals surface area contributed by atoms with Gasteiger partial charge in [0.25, 0.3) is 0 Å². The van der Waals surface area contributed by atoms with Crippen LogP contribution in [0.15, 0.2) is 48.2 Å². The van der Waals surface area contributed by atoms with Crippen LogP contribution in [0.2, 0.25) is 0 Å². The van der Waals surface area contributed by atoms with Gasteiger partial charge in [-0.25, -0.2) is 0 Å². The van der Waals surface area contributed by atoms with Gasteiger partial charge in [0.1, 0.15) is 5.82 Å². The average molecular weight is 476 g/mol. The molecular formula is C30H45N5. The van der Waals surface area contributed by atoms with Crippen molar-refractivity contribution in [1.82, 2.24) is 15.0 Å². The van der Waals surface area contributed by atoms with Gasteiger partial charge in [0, 0.05) is 17.7 Å². The van der Waals surface area contributed by atoms with E-state index in [1.807, 2.05) is 30.4 Å². The largest absolute Gasteiger partial charge is 0.351 e. The molecule has 0 aliphatic heterocycles. The van der Waals surface area contributed by atoms with Crippen LogP contribution in [-0.4, -0.2) is 21.0 Å². The normalized spacial score (nSPS) is 24.1. The molecule has 1 aromatic rings. The molecular weight excluding hydrogens is 430 g/mol. The van der Waals surface area contributed by atoms with E-state index in [-0.39, 0.29) is 0 Å². The van der Waals surface area contributed by atoms with Gasteiger partial charge in [0.05, 0.1) is 0 Å². The summed E-state index contributed by atoms with van der Waals surface area (Å²) in [7, 11) is 0. The molecule has 1 aromatic heterocycles. The molecule has 190 valence electrons. The van der Waals surface area contributed by atoms with Crippen molar-refractivity contribution in [3.8, 4) is 0 Å². The minimum atomic E-state index is 0.422. The monoisotopic (exact) mass is 475 g/mol. The summed E-state index contributed by atoms with van der Waals surface area (Å²) in [6, 6.07) is 0.449. The van der Waals surface area contributed by atoms with E-state index in [0.717, 1.165) is 17.5 Å². The number of aromatic nitrogens is 3. The fourth-order valence-electron chi connectivity index (χ4n) is 5.50. The minimum absolute atomic E-state index is 0.422. The second-order valence-electron chi connectivity index (χ2n) is 10.5. The molecule has 2 N–H and O–H groups in total. The highest BCUT2D eigenvalue weighted by molar-refractivity contribution is 5.46. The van der Waals surface area contributed by atoms with Gasteiger partial charge in [-0.15, -0.1) is 0 Å². The summed E-state index contributed by atoms with van der Waals surface area (Å²) in [5.41, 5.74) is 0.988. The van der Waals surface area contributed by atoms with Gasteiger partial charge in [-0.3, -0.25) is 0 Å². The summed E-state index contributed by atoms with van der Waals surface area (Å²) < 4.78 is 0. The van der Waals surface area contributed by atoms with Crippen LogP contribution in [0.1, 0.15) is 121 Å². The van der Waals surface area contributed by atoms with Crippen LogP contribution >= 0.6 is 0 Å². The van der Waals surface area contributed by atoms with E-state index in [9.17, 15) is 0 Å². The zero-order chi connectivity index (χ0) is 24.0. The van der Waals surface area contributed by atoms with E-state index in [0.29, 0.717) is 17.9 Å². The fourth-order valence-corrected chi connectivity index (χ4v) is 5.50. The first kappa shape index (κ1) is 25.7. The molecule has 5 nitrogen and oxygen atoms in total. The number of nitrogens with zero attached hydrogens (tertiary/aromatic N) is 3. The third kappa shape index (κ3) is 9.27. The molecule has 0 spiro atoms. The molecule has 0 atom stereocenters. The van der Waals surface area contributed by atoms with Gasteiger partial charge in [-0.1, -0.05) is 114 Å². The van der Waals surface area contributed by atoms with Crippen LogP contribution < -0.4 is 10.6 Å². The second kappa shape index (κ2) is 14.9. The smallest absolute Gasteiger partial charge is 0.232 e. The molecule has 2 saturated carbocycles. The van der Waals surface area contributed by atoms with E-state index >= 15 is 0 Å². The molecule has 4 rings (SSSR count). The Hall–Kier alpha value is -2.43. The number of hydrogen-bond acceptors (Lipinski definition) is 5. The van der Waals surface area contributed by atoms with Crippen molar-refractivity contribution >= 4 is 11.9 Å². The number of hydrogen-bond donors (Lipinski definition) is 2. The van der Waals surface area contributed by atoms with Gasteiger partial charge < -0.3 is 10.6 Å². The summed E-state index contributed by atoms with van der Waals surface area (Å²) in [4.78, 5) is 14.9. The van der Waals surface area contributed by atoms with Crippen molar-refractivity contribution < 1.29 is 0 Å². The predicted octanol–water partition coefficient (Wildman–Crippen LogP) is 8.37. The van der Waals surface area contributed by atoms with Gasteiger partial charge >= 0.3 is 0 Å². The summed E-state index contributed by atoms with van der Waals surface area (Å²) in [6.45, 7) is 0. The second-order valence-corrected chi connectivity index (χ2v) is 10.5. The lowest BCUT2D eigenvalue weighted by atomic mass is 9.96. The van der Waals surface area contributed by atoms with Crippen molar-refractivity contribution in [2.45, 2.75) is 121 Å². The molecule has 2 fully saturated rings. The predicted molar refractivity (Wildman–Crippen MR) is 148 cm³/mol. The molecule has 0 aromatic carbocycles. The highest BCUT2D eigenvalue weighted by Gasteiger charge is 2.20. The standard InChI is InChI=1S/C30H45N5/c1-2-9-15-21-26(22-16-10-3-1)31-29-33-28(25-19-13-7-4-5-8-14-20-25)34-30(35-29)32-27-23-17-11-6-12-18-24-27/h6,11-12,17-18,23-26H,1-5,7-10,13-16,19-22H2,(H2,31,32,33,34,35)/b11-6?,12-6?,17-11?,18-12?,23-17-,24-18?,27-23?,27-24+. The number of anilines is 2. The summed E-state index contributed by atoms with van der Waals surface area (Å²) >= 11 is 0. The lowest BCUT2D eigenvalue weighted by Crippen LogP contribution is -2.23. The van der Waals surface area contributed by atoms with Crippen LogP contribution in [0.4, 0.5) is 11.9 Å². The van der Waals surface area contributed by atoms with Crippen LogP contribution in [-0.2, 0) is 0 Å². The highest BCUT2D eigenvalue weighted by atomic mass is 15.2. The summed E-state index contributed by atoms with van der Waals surface area (Å²) in [5.74, 6) is 2.81. The lowest BCUT2D eigenvalue weighted by molar-refractivity contribution is 0.474. The fraction of sp³-hybridized carbons (Fsp3) is 0.633. The Morgan fingerprint density at radius 2 is 1.09 bits per heavy atom. The van der Waals surface area contributed by atoms with Crippen molar-refractivity contribution in [2.75, 3.05) is 10.6 Å². The maximum Gasteiger partial charge on any atom is 0.232 e. The molecule has 5 heteroatoms. The van der Waals surface area contributed by atoms with Crippen molar-refractivity contribution in [3.05, 3.63) is 54.1 Å². The summed E-state index contributed by atoms with van der Waals surface area (Å²) in [6.07, 6.45) is 36.5. The van der Waals surface area contributed by atoms with Crippen LogP contribution in [0, 0.1) is 0 Å². The first-order chi connectivity index (χ1) is 17.4. The lowest BCUT2D eigenvalue weighted by Gasteiger charge is -2.22. The van der Waals surface area contributed by atoms with E-state index in [1.54, 1.807) is 0 Å². The molecule has 3 aliphatic carbocycles. The van der Waals surface area contributed by atoms with Gasteiger partial charge in [-0.2, -0.15) is 15.0 Å². The summed E-state index contributed by atoms with van der Waals surface area (Å²) in [5, 5.41) is 7.23. The maximum atomic E-state index is 5.04. The van der Waals surface area contributed by atoms with Gasteiger partial charge in [0.2, 0.25) is 11.9 Å². The van der Waals surface area contributed by atoms with E-state index < -0.39 is 0 Å². The number of rotatable bonds is 5. The van der Waals surface area contributed by atoms with E-state index in [1.165, 1.54) is 109 Å². The highest BCUT2D eigenvalue weighted by Crippen LogP contribution is 2.30. The van der Waals surface area contributed by atoms with Crippen LogP contribution in [0.25, 0.3) is 0 Å². The molecule has 0 bridgehead atoms. The molecule has 0 radical (unpaired) electrons. The molecule has 3 aliphatic rings. The van der Waals surface area contributed by atoms with Crippen LogP contribution in [0.5, 0.6) is 0 Å². The molecule has 0 amide bonds. The molecule has 0 unspecified atom stereocenters. The SMILES string of the molecule is C1=C/C=C\C(Nc2nc(NC3CCCCCCCCC3)nc(C3CCCCCCCC3)n2)=C/C=C1.